The highest BCUT2D eigenvalue weighted by Crippen LogP contribution is 2.32. The number of rotatable bonds is 1. The van der Waals surface area contributed by atoms with Crippen LogP contribution in [-0.2, 0) is 0 Å². The fourth-order valence-corrected chi connectivity index (χ4v) is 1.69. The van der Waals surface area contributed by atoms with Crippen molar-refractivity contribution in [1.82, 2.24) is 10.1 Å². The van der Waals surface area contributed by atoms with Crippen LogP contribution in [0.3, 0.4) is 0 Å². The molecule has 12 heavy (non-hydrogen) atoms. The van der Waals surface area contributed by atoms with Crippen LogP contribution in [0.4, 0.5) is 5.95 Å². The third kappa shape index (κ3) is 1.16. The normalized spacial score (nSPS) is 29.4. The van der Waals surface area contributed by atoms with Crippen LogP contribution in [0.25, 0.3) is 0 Å². The highest BCUT2D eigenvalue weighted by Gasteiger charge is 2.29. The number of anilines is 1. The molecule has 1 aromatic rings. The van der Waals surface area contributed by atoms with E-state index in [-0.39, 0.29) is 17.9 Å². The van der Waals surface area contributed by atoms with Crippen molar-refractivity contribution in [2.24, 2.45) is 5.73 Å². The van der Waals surface area contributed by atoms with Crippen LogP contribution in [-0.4, -0.2) is 16.2 Å². The molecule has 0 spiro atoms. The fourth-order valence-electron chi connectivity index (χ4n) is 1.69. The predicted octanol–water partition coefficient (Wildman–Crippen LogP) is 0.247. The number of hydrogen-bond acceptors (Lipinski definition) is 5. The van der Waals surface area contributed by atoms with E-state index in [1.807, 2.05) is 0 Å². The van der Waals surface area contributed by atoms with Crippen LogP contribution in [0.5, 0.6) is 0 Å². The zero-order valence-electron chi connectivity index (χ0n) is 6.73. The lowest BCUT2D eigenvalue weighted by Gasteiger charge is -2.08. The molecule has 1 fully saturated rings. The lowest BCUT2D eigenvalue weighted by Crippen LogP contribution is -2.22. The molecule has 1 aliphatic rings. The summed E-state index contributed by atoms with van der Waals surface area (Å²) in [5.41, 5.74) is 11.2. The Morgan fingerprint density at radius 1 is 1.42 bits per heavy atom. The Morgan fingerprint density at radius 2 is 2.25 bits per heavy atom. The second kappa shape index (κ2) is 2.75. The van der Waals surface area contributed by atoms with Crippen molar-refractivity contribution >= 4 is 5.95 Å². The number of nitrogens with two attached hydrogens (primary N) is 2. The third-order valence-electron chi connectivity index (χ3n) is 2.34. The molecule has 1 aliphatic carbocycles. The maximum Gasteiger partial charge on any atom is 0.260 e. The first-order valence-corrected chi connectivity index (χ1v) is 4.12. The molecule has 4 N–H and O–H groups in total. The molecular weight excluding hydrogens is 156 g/mol. The summed E-state index contributed by atoms with van der Waals surface area (Å²) in [6.07, 6.45) is 3.20. The number of hydrogen-bond donors (Lipinski definition) is 2. The highest BCUT2D eigenvalue weighted by atomic mass is 16.5. The first kappa shape index (κ1) is 7.54. The Labute approximate surface area is 70.1 Å². The predicted molar refractivity (Wildman–Crippen MR) is 43.3 cm³/mol. The molecule has 0 aromatic carbocycles. The van der Waals surface area contributed by atoms with E-state index in [1.165, 1.54) is 0 Å². The van der Waals surface area contributed by atoms with Crippen LogP contribution in [0.1, 0.15) is 31.1 Å². The van der Waals surface area contributed by atoms with Gasteiger partial charge in [0.1, 0.15) is 0 Å². The van der Waals surface area contributed by atoms with E-state index in [0.29, 0.717) is 5.89 Å². The second-order valence-electron chi connectivity index (χ2n) is 3.19. The summed E-state index contributed by atoms with van der Waals surface area (Å²) in [4.78, 5) is 3.96. The zero-order valence-corrected chi connectivity index (χ0v) is 6.73. The average Bonchev–Trinajstić information content (AvgIpc) is 2.58. The fraction of sp³-hybridized carbons (Fsp3) is 0.714. The SMILES string of the molecule is Nc1noc(C2CCCC2N)n1. The minimum absolute atomic E-state index is 0.157. The van der Waals surface area contributed by atoms with Gasteiger partial charge in [-0.3, -0.25) is 0 Å². The van der Waals surface area contributed by atoms with Crippen LogP contribution in [0.15, 0.2) is 4.52 Å². The molecule has 2 rings (SSSR count). The summed E-state index contributed by atoms with van der Waals surface area (Å²) in [6, 6.07) is 0.157. The van der Waals surface area contributed by atoms with E-state index >= 15 is 0 Å². The molecule has 1 heterocycles. The molecule has 0 aliphatic heterocycles. The molecule has 1 saturated carbocycles. The van der Waals surface area contributed by atoms with Crippen molar-refractivity contribution in [3.05, 3.63) is 5.89 Å². The van der Waals surface area contributed by atoms with E-state index in [9.17, 15) is 0 Å². The van der Waals surface area contributed by atoms with Crippen molar-refractivity contribution in [2.75, 3.05) is 5.73 Å². The van der Waals surface area contributed by atoms with E-state index in [1.54, 1.807) is 0 Å². The van der Waals surface area contributed by atoms with Crippen molar-refractivity contribution < 1.29 is 4.52 Å². The molecule has 1 aromatic heterocycles. The Bertz CT molecular complexity index is 272. The molecule has 0 amide bonds. The number of nitrogen functional groups attached to an aromatic ring is 1. The van der Waals surface area contributed by atoms with Gasteiger partial charge >= 0.3 is 0 Å². The first-order chi connectivity index (χ1) is 5.77. The van der Waals surface area contributed by atoms with Crippen molar-refractivity contribution in [3.63, 3.8) is 0 Å². The summed E-state index contributed by atoms with van der Waals surface area (Å²) < 4.78 is 4.95. The number of nitrogens with zero attached hydrogens (tertiary/aromatic N) is 2. The van der Waals surface area contributed by atoms with Gasteiger partial charge in [-0.25, -0.2) is 0 Å². The molecule has 0 saturated heterocycles. The van der Waals surface area contributed by atoms with Gasteiger partial charge in [0.15, 0.2) is 0 Å². The van der Waals surface area contributed by atoms with Crippen molar-refractivity contribution in [2.45, 2.75) is 31.2 Å². The van der Waals surface area contributed by atoms with E-state index in [0.717, 1.165) is 19.3 Å². The van der Waals surface area contributed by atoms with Gasteiger partial charge in [0, 0.05) is 6.04 Å². The molecule has 2 unspecified atom stereocenters. The minimum atomic E-state index is 0.157. The Morgan fingerprint density at radius 3 is 2.75 bits per heavy atom. The van der Waals surface area contributed by atoms with Gasteiger partial charge in [-0.05, 0) is 18.0 Å². The van der Waals surface area contributed by atoms with Gasteiger partial charge in [-0.1, -0.05) is 6.42 Å². The molecular formula is C7H12N4O. The Hall–Kier alpha value is -1.10. The van der Waals surface area contributed by atoms with Crippen molar-refractivity contribution in [3.8, 4) is 0 Å². The summed E-state index contributed by atoms with van der Waals surface area (Å²) >= 11 is 0. The standard InChI is InChI=1S/C7H12N4O/c8-5-3-1-2-4(5)6-10-7(9)11-12-6/h4-5H,1-3,8H2,(H2,9,11). The van der Waals surface area contributed by atoms with Crippen LogP contribution < -0.4 is 11.5 Å². The molecule has 5 nitrogen and oxygen atoms in total. The molecule has 66 valence electrons. The Kier molecular flexibility index (Phi) is 1.73. The first-order valence-electron chi connectivity index (χ1n) is 4.12. The molecule has 5 heteroatoms. The maximum absolute atomic E-state index is 5.85. The smallest absolute Gasteiger partial charge is 0.260 e. The van der Waals surface area contributed by atoms with Gasteiger partial charge in [0.2, 0.25) is 5.89 Å². The van der Waals surface area contributed by atoms with E-state index in [4.69, 9.17) is 16.0 Å². The summed E-state index contributed by atoms with van der Waals surface area (Å²) in [5.74, 6) is 1.01. The lowest BCUT2D eigenvalue weighted by atomic mass is 10.1. The van der Waals surface area contributed by atoms with E-state index < -0.39 is 0 Å². The third-order valence-corrected chi connectivity index (χ3v) is 2.34. The average molecular weight is 168 g/mol. The minimum Gasteiger partial charge on any atom is -0.365 e. The summed E-state index contributed by atoms with van der Waals surface area (Å²) in [5, 5.41) is 3.53. The maximum atomic E-state index is 5.85. The van der Waals surface area contributed by atoms with Crippen molar-refractivity contribution in [1.29, 1.82) is 0 Å². The van der Waals surface area contributed by atoms with Gasteiger partial charge in [0.05, 0.1) is 5.92 Å². The van der Waals surface area contributed by atoms with Gasteiger partial charge in [-0.2, -0.15) is 4.98 Å². The van der Waals surface area contributed by atoms with Crippen LogP contribution in [0, 0.1) is 0 Å². The van der Waals surface area contributed by atoms with Gasteiger partial charge in [-0.15, -0.1) is 0 Å². The highest BCUT2D eigenvalue weighted by molar-refractivity contribution is 5.13. The van der Waals surface area contributed by atoms with E-state index in [2.05, 4.69) is 10.1 Å². The summed E-state index contributed by atoms with van der Waals surface area (Å²) in [6.45, 7) is 0. The zero-order chi connectivity index (χ0) is 8.55. The lowest BCUT2D eigenvalue weighted by molar-refractivity contribution is 0.345. The monoisotopic (exact) mass is 168 g/mol. The molecule has 2 atom stereocenters. The molecule has 0 radical (unpaired) electrons. The quantitative estimate of drug-likeness (QED) is 0.627. The second-order valence-corrected chi connectivity index (χ2v) is 3.19. The summed E-state index contributed by atoms with van der Waals surface area (Å²) in [7, 11) is 0. The largest absolute Gasteiger partial charge is 0.365 e. The van der Waals surface area contributed by atoms with Gasteiger partial charge in [0.25, 0.3) is 5.95 Å². The van der Waals surface area contributed by atoms with Crippen LogP contribution in [0.2, 0.25) is 0 Å². The topological polar surface area (TPSA) is 91.0 Å². The van der Waals surface area contributed by atoms with Gasteiger partial charge < -0.3 is 16.0 Å². The Balaban J connectivity index is 2.19. The molecule has 0 bridgehead atoms. The van der Waals surface area contributed by atoms with Crippen LogP contribution >= 0.6 is 0 Å². The number of aromatic nitrogens is 2.